The molecule has 1 aromatic rings. The van der Waals surface area contributed by atoms with Gasteiger partial charge in [-0.2, -0.15) is 0 Å². The molecule has 0 aliphatic carbocycles. The van der Waals surface area contributed by atoms with E-state index in [0.717, 1.165) is 32.5 Å². The predicted octanol–water partition coefficient (Wildman–Crippen LogP) is 0.553. The summed E-state index contributed by atoms with van der Waals surface area (Å²) in [6.45, 7) is 6.76. The highest BCUT2D eigenvalue weighted by Gasteiger charge is 2.24. The van der Waals surface area contributed by atoms with E-state index >= 15 is 0 Å². The number of amides is 1. The fourth-order valence-corrected chi connectivity index (χ4v) is 2.49. The second kappa shape index (κ2) is 6.06. The summed E-state index contributed by atoms with van der Waals surface area (Å²) in [4.78, 5) is 30.3. The van der Waals surface area contributed by atoms with Crippen molar-refractivity contribution in [3.05, 3.63) is 22.4 Å². The van der Waals surface area contributed by atoms with Gasteiger partial charge in [-0.1, -0.05) is 0 Å². The van der Waals surface area contributed by atoms with Crippen molar-refractivity contribution in [2.45, 2.75) is 32.7 Å². The van der Waals surface area contributed by atoms with Crippen LogP contribution in [0, 0.1) is 5.92 Å². The maximum Gasteiger partial charge on any atom is 0.323 e. The third-order valence-electron chi connectivity index (χ3n) is 3.56. The molecule has 0 saturated carbocycles. The van der Waals surface area contributed by atoms with Crippen LogP contribution in [-0.4, -0.2) is 46.5 Å². The lowest BCUT2D eigenvalue weighted by Gasteiger charge is -2.32. The largest absolute Gasteiger partial charge is 0.335 e. The number of nitrogens with zero attached hydrogens (tertiary/aromatic N) is 1. The summed E-state index contributed by atoms with van der Waals surface area (Å²) in [5.74, 6) is 0.379. The second-order valence-corrected chi connectivity index (χ2v) is 5.42. The van der Waals surface area contributed by atoms with E-state index in [1.807, 2.05) is 18.7 Å². The Morgan fingerprint density at radius 2 is 2.32 bits per heavy atom. The van der Waals surface area contributed by atoms with Gasteiger partial charge in [-0.05, 0) is 45.7 Å². The zero-order valence-electron chi connectivity index (χ0n) is 11.5. The van der Waals surface area contributed by atoms with E-state index in [2.05, 4.69) is 15.3 Å². The lowest BCUT2D eigenvalue weighted by atomic mass is 9.98. The summed E-state index contributed by atoms with van der Waals surface area (Å²) in [5, 5.41) is 3.36. The van der Waals surface area contributed by atoms with E-state index in [1.54, 1.807) is 0 Å². The van der Waals surface area contributed by atoms with Crippen LogP contribution in [0.5, 0.6) is 0 Å². The molecule has 0 radical (unpaired) electrons. The molecule has 0 bridgehead atoms. The van der Waals surface area contributed by atoms with E-state index in [-0.39, 0.29) is 17.6 Å². The van der Waals surface area contributed by atoms with Crippen LogP contribution in [-0.2, 0) is 0 Å². The molecule has 1 atom stereocenters. The highest BCUT2D eigenvalue weighted by atomic mass is 16.2. The average molecular weight is 266 g/mol. The number of carbonyl (C=O) groups excluding carboxylic acids is 1. The molecule has 1 aliphatic heterocycles. The Morgan fingerprint density at radius 1 is 1.53 bits per heavy atom. The lowest BCUT2D eigenvalue weighted by molar-refractivity contribution is 0.0655. The molecule has 1 aliphatic rings. The Balaban J connectivity index is 2.06. The van der Waals surface area contributed by atoms with Gasteiger partial charge >= 0.3 is 5.69 Å². The SMILES string of the molecule is CC(C)N(CC1CCCNC1)C(=O)c1c[nH]c(=O)[nH]1. The van der Waals surface area contributed by atoms with Crippen LogP contribution in [0.2, 0.25) is 0 Å². The molecule has 2 heterocycles. The predicted molar refractivity (Wildman–Crippen MR) is 73.2 cm³/mol. The third-order valence-corrected chi connectivity index (χ3v) is 3.56. The summed E-state index contributed by atoms with van der Waals surface area (Å²) in [6, 6.07) is 0.118. The van der Waals surface area contributed by atoms with Crippen molar-refractivity contribution in [2.24, 2.45) is 5.92 Å². The number of nitrogens with one attached hydrogen (secondary N) is 3. The van der Waals surface area contributed by atoms with E-state index in [9.17, 15) is 9.59 Å². The van der Waals surface area contributed by atoms with Gasteiger partial charge in [-0.25, -0.2) is 4.79 Å². The van der Waals surface area contributed by atoms with Gasteiger partial charge < -0.3 is 20.2 Å². The van der Waals surface area contributed by atoms with Gasteiger partial charge in [0, 0.05) is 18.8 Å². The molecule has 1 amide bonds. The summed E-state index contributed by atoms with van der Waals surface area (Å²) < 4.78 is 0. The smallest absolute Gasteiger partial charge is 0.323 e. The normalized spacial score (nSPS) is 19.6. The van der Waals surface area contributed by atoms with E-state index in [1.165, 1.54) is 6.20 Å². The number of carbonyl (C=O) groups is 1. The molecule has 1 saturated heterocycles. The van der Waals surface area contributed by atoms with Crippen LogP contribution in [0.1, 0.15) is 37.2 Å². The second-order valence-electron chi connectivity index (χ2n) is 5.42. The number of rotatable bonds is 4. The zero-order valence-corrected chi connectivity index (χ0v) is 11.5. The molecule has 1 aromatic heterocycles. The van der Waals surface area contributed by atoms with Gasteiger partial charge in [-0.3, -0.25) is 4.79 Å². The first-order valence-electron chi connectivity index (χ1n) is 6.87. The molecule has 3 N–H and O–H groups in total. The minimum absolute atomic E-state index is 0.112. The average Bonchev–Trinajstić information content (AvgIpc) is 2.83. The van der Waals surface area contributed by atoms with E-state index in [0.29, 0.717) is 11.6 Å². The number of aromatic amines is 2. The molecule has 1 unspecified atom stereocenters. The third kappa shape index (κ3) is 3.47. The maximum absolute atomic E-state index is 12.4. The summed E-state index contributed by atoms with van der Waals surface area (Å²) in [6.07, 6.45) is 3.75. The van der Waals surface area contributed by atoms with Crippen molar-refractivity contribution in [1.82, 2.24) is 20.2 Å². The molecule has 6 heteroatoms. The van der Waals surface area contributed by atoms with Gasteiger partial charge in [-0.15, -0.1) is 0 Å². The molecule has 2 rings (SSSR count). The van der Waals surface area contributed by atoms with E-state index < -0.39 is 0 Å². The molecular formula is C13H22N4O2. The molecular weight excluding hydrogens is 244 g/mol. The maximum atomic E-state index is 12.4. The first-order valence-corrected chi connectivity index (χ1v) is 6.87. The Bertz CT molecular complexity index is 471. The molecule has 106 valence electrons. The topological polar surface area (TPSA) is 81.0 Å². The van der Waals surface area contributed by atoms with Crippen molar-refractivity contribution in [2.75, 3.05) is 19.6 Å². The minimum atomic E-state index is -0.341. The molecule has 19 heavy (non-hydrogen) atoms. The fraction of sp³-hybridized carbons (Fsp3) is 0.692. The zero-order chi connectivity index (χ0) is 13.8. The van der Waals surface area contributed by atoms with Crippen molar-refractivity contribution in [3.63, 3.8) is 0 Å². The number of aromatic nitrogens is 2. The van der Waals surface area contributed by atoms with Crippen molar-refractivity contribution in [1.29, 1.82) is 0 Å². The van der Waals surface area contributed by atoms with Gasteiger partial charge in [0.2, 0.25) is 0 Å². The van der Waals surface area contributed by atoms with Crippen molar-refractivity contribution < 1.29 is 4.79 Å². The van der Waals surface area contributed by atoms with Crippen LogP contribution in [0.25, 0.3) is 0 Å². The van der Waals surface area contributed by atoms with Crippen LogP contribution >= 0.6 is 0 Å². The number of hydrogen-bond acceptors (Lipinski definition) is 3. The van der Waals surface area contributed by atoms with Crippen LogP contribution in [0.3, 0.4) is 0 Å². The van der Waals surface area contributed by atoms with Crippen molar-refractivity contribution >= 4 is 5.91 Å². The van der Waals surface area contributed by atoms with E-state index in [4.69, 9.17) is 0 Å². The van der Waals surface area contributed by atoms with Crippen LogP contribution < -0.4 is 11.0 Å². The quantitative estimate of drug-likeness (QED) is 0.744. The highest BCUT2D eigenvalue weighted by Crippen LogP contribution is 2.15. The van der Waals surface area contributed by atoms with Crippen LogP contribution in [0.15, 0.2) is 11.0 Å². The minimum Gasteiger partial charge on any atom is -0.335 e. The van der Waals surface area contributed by atoms with Crippen molar-refractivity contribution in [3.8, 4) is 0 Å². The first kappa shape index (κ1) is 13.9. The number of imidazole rings is 1. The van der Waals surface area contributed by atoms with Gasteiger partial charge in [0.25, 0.3) is 5.91 Å². The number of H-pyrrole nitrogens is 2. The standard InChI is InChI=1S/C13H22N4O2/c1-9(2)17(8-10-4-3-5-14-6-10)12(18)11-7-15-13(19)16-11/h7,9-10,14H,3-6,8H2,1-2H3,(H2,15,16,19). The van der Waals surface area contributed by atoms with Gasteiger partial charge in [0.15, 0.2) is 0 Å². The van der Waals surface area contributed by atoms with Gasteiger partial charge in [0.05, 0.1) is 0 Å². The Labute approximate surface area is 112 Å². The lowest BCUT2D eigenvalue weighted by Crippen LogP contribution is -2.44. The Kier molecular flexibility index (Phi) is 4.42. The Hall–Kier alpha value is -1.56. The molecule has 6 nitrogen and oxygen atoms in total. The van der Waals surface area contributed by atoms with Crippen LogP contribution in [0.4, 0.5) is 0 Å². The summed E-state index contributed by atoms with van der Waals surface area (Å²) in [5.41, 5.74) is -0.00569. The Morgan fingerprint density at radius 3 is 2.84 bits per heavy atom. The number of hydrogen-bond donors (Lipinski definition) is 3. The number of piperidine rings is 1. The summed E-state index contributed by atoms with van der Waals surface area (Å²) >= 11 is 0. The molecule has 1 fully saturated rings. The molecule has 0 spiro atoms. The fourth-order valence-electron chi connectivity index (χ4n) is 2.49. The first-order chi connectivity index (χ1) is 9.08. The monoisotopic (exact) mass is 266 g/mol. The summed E-state index contributed by atoms with van der Waals surface area (Å²) in [7, 11) is 0. The van der Waals surface area contributed by atoms with Gasteiger partial charge in [0.1, 0.15) is 5.69 Å². The highest BCUT2D eigenvalue weighted by molar-refractivity contribution is 5.92. The molecule has 0 aromatic carbocycles.